The van der Waals surface area contributed by atoms with Gasteiger partial charge in [-0.25, -0.2) is 4.79 Å². The van der Waals surface area contributed by atoms with Crippen molar-refractivity contribution < 1.29 is 19.1 Å². The van der Waals surface area contributed by atoms with Gasteiger partial charge in [0.15, 0.2) is 13.2 Å². The lowest BCUT2D eigenvalue weighted by molar-refractivity contribution is -0.150. The topological polar surface area (TPSA) is 64.6 Å². The predicted molar refractivity (Wildman–Crippen MR) is 73.8 cm³/mol. The molecule has 6 heteroatoms. The van der Waals surface area contributed by atoms with Gasteiger partial charge in [0.2, 0.25) is 0 Å². The van der Waals surface area contributed by atoms with E-state index in [0.717, 1.165) is 18.4 Å². The van der Waals surface area contributed by atoms with E-state index in [1.165, 1.54) is 0 Å². The van der Waals surface area contributed by atoms with E-state index in [1.54, 1.807) is 12.1 Å². The minimum atomic E-state index is -0.603. The van der Waals surface area contributed by atoms with Crippen LogP contribution in [-0.2, 0) is 14.3 Å². The van der Waals surface area contributed by atoms with Gasteiger partial charge in [-0.15, -0.1) is 0 Å². The minimum absolute atomic E-state index is 0.253. The monoisotopic (exact) mass is 297 g/mol. The zero-order valence-corrected chi connectivity index (χ0v) is 11.9. The molecule has 0 unspecified atom stereocenters. The molecule has 5 nitrogen and oxygen atoms in total. The third-order valence-corrected chi connectivity index (χ3v) is 3.05. The summed E-state index contributed by atoms with van der Waals surface area (Å²) in [6.07, 6.45) is 1.99. The summed E-state index contributed by atoms with van der Waals surface area (Å²) in [5.41, 5.74) is 0.974. The fraction of sp³-hybridized carbons (Fsp3) is 0.429. The third-order valence-electron chi connectivity index (χ3n) is 2.74. The van der Waals surface area contributed by atoms with E-state index >= 15 is 0 Å². The molecular weight excluding hydrogens is 282 g/mol. The smallest absolute Gasteiger partial charge is 0.344 e. The van der Waals surface area contributed by atoms with Gasteiger partial charge in [-0.05, 0) is 37.5 Å². The quantitative estimate of drug-likeness (QED) is 0.814. The molecule has 0 atom stereocenters. The Morgan fingerprint density at radius 1 is 1.35 bits per heavy atom. The average Bonchev–Trinajstić information content (AvgIpc) is 3.21. The highest BCUT2D eigenvalue weighted by atomic mass is 35.5. The molecule has 1 aliphatic carbocycles. The molecule has 1 aliphatic rings. The molecule has 0 bridgehead atoms. The van der Waals surface area contributed by atoms with Gasteiger partial charge in [-0.3, -0.25) is 4.79 Å². The first-order chi connectivity index (χ1) is 9.54. The van der Waals surface area contributed by atoms with Gasteiger partial charge in [0.25, 0.3) is 5.91 Å². The number of hydrogen-bond acceptors (Lipinski definition) is 4. The van der Waals surface area contributed by atoms with Crippen LogP contribution in [0.25, 0.3) is 0 Å². The zero-order chi connectivity index (χ0) is 14.5. The summed E-state index contributed by atoms with van der Waals surface area (Å²) in [5, 5.41) is 3.15. The summed E-state index contributed by atoms with van der Waals surface area (Å²) in [7, 11) is 0. The number of carbonyl (C=O) groups excluding carboxylic acids is 2. The van der Waals surface area contributed by atoms with Crippen molar-refractivity contribution in [2.45, 2.75) is 25.8 Å². The molecule has 0 radical (unpaired) electrons. The Hall–Kier alpha value is -1.75. The number of rotatable bonds is 6. The second-order valence-electron chi connectivity index (χ2n) is 4.73. The Morgan fingerprint density at radius 2 is 2.10 bits per heavy atom. The van der Waals surface area contributed by atoms with Gasteiger partial charge in [0.05, 0.1) is 5.02 Å². The Balaban J connectivity index is 1.71. The van der Waals surface area contributed by atoms with Gasteiger partial charge in [-0.1, -0.05) is 17.7 Å². The Labute approximate surface area is 122 Å². The van der Waals surface area contributed by atoms with Crippen LogP contribution in [0.1, 0.15) is 18.4 Å². The maximum absolute atomic E-state index is 11.4. The molecule has 0 saturated heterocycles. The number of carbonyl (C=O) groups is 2. The van der Waals surface area contributed by atoms with E-state index in [4.69, 9.17) is 21.1 Å². The molecule has 1 fully saturated rings. The molecule has 1 saturated carbocycles. The number of aryl methyl sites for hydroxylation is 1. The Morgan fingerprint density at radius 3 is 2.80 bits per heavy atom. The number of amides is 1. The zero-order valence-electron chi connectivity index (χ0n) is 11.1. The molecule has 1 amide bonds. The summed E-state index contributed by atoms with van der Waals surface area (Å²) in [5.74, 6) is -0.464. The highest BCUT2D eigenvalue weighted by molar-refractivity contribution is 6.32. The Kier molecular flexibility index (Phi) is 4.84. The van der Waals surface area contributed by atoms with Crippen molar-refractivity contribution in [2.24, 2.45) is 0 Å². The van der Waals surface area contributed by atoms with Crippen LogP contribution in [-0.4, -0.2) is 31.1 Å². The van der Waals surface area contributed by atoms with Crippen LogP contribution >= 0.6 is 11.6 Å². The molecule has 1 aromatic rings. The average molecular weight is 298 g/mol. The highest BCUT2D eigenvalue weighted by Crippen LogP contribution is 2.25. The molecule has 0 aliphatic heterocycles. The van der Waals surface area contributed by atoms with Crippen molar-refractivity contribution in [1.29, 1.82) is 0 Å². The standard InChI is InChI=1S/C14H16ClNO4/c1-9-2-5-11(15)12(6-9)19-8-14(18)20-7-13(17)16-10-3-4-10/h2,5-6,10H,3-4,7-8H2,1H3,(H,16,17). The second kappa shape index (κ2) is 6.61. The fourth-order valence-corrected chi connectivity index (χ4v) is 1.71. The van der Waals surface area contributed by atoms with Crippen molar-refractivity contribution >= 4 is 23.5 Å². The summed E-state index contributed by atoms with van der Waals surface area (Å²) in [4.78, 5) is 22.8. The minimum Gasteiger partial charge on any atom is -0.480 e. The van der Waals surface area contributed by atoms with Gasteiger partial charge < -0.3 is 14.8 Å². The van der Waals surface area contributed by atoms with Crippen LogP contribution in [0.3, 0.4) is 0 Å². The normalized spacial score (nSPS) is 13.7. The molecule has 108 valence electrons. The molecule has 0 spiro atoms. The summed E-state index contributed by atoms with van der Waals surface area (Å²) < 4.78 is 10.1. The van der Waals surface area contributed by atoms with Crippen LogP contribution in [0.4, 0.5) is 0 Å². The number of halogens is 1. The highest BCUT2D eigenvalue weighted by Gasteiger charge is 2.23. The first-order valence-electron chi connectivity index (χ1n) is 6.38. The number of ether oxygens (including phenoxy) is 2. The predicted octanol–water partition coefficient (Wildman–Crippen LogP) is 1.85. The lowest BCUT2D eigenvalue weighted by Gasteiger charge is -2.09. The first kappa shape index (κ1) is 14.7. The van der Waals surface area contributed by atoms with Gasteiger partial charge in [0, 0.05) is 6.04 Å². The fourth-order valence-electron chi connectivity index (χ4n) is 1.54. The molecule has 0 aromatic heterocycles. The van der Waals surface area contributed by atoms with E-state index in [9.17, 15) is 9.59 Å². The van der Waals surface area contributed by atoms with Gasteiger partial charge in [-0.2, -0.15) is 0 Å². The lowest BCUT2D eigenvalue weighted by Crippen LogP contribution is -2.31. The largest absolute Gasteiger partial charge is 0.480 e. The number of esters is 1. The van der Waals surface area contributed by atoms with Crippen molar-refractivity contribution in [3.05, 3.63) is 28.8 Å². The first-order valence-corrected chi connectivity index (χ1v) is 6.76. The molecule has 2 rings (SSSR count). The third kappa shape index (κ3) is 4.74. The summed E-state index contributed by atoms with van der Waals surface area (Å²) >= 11 is 5.93. The van der Waals surface area contributed by atoms with Crippen molar-refractivity contribution in [2.75, 3.05) is 13.2 Å². The maximum atomic E-state index is 11.4. The molecule has 0 heterocycles. The molecule has 1 aromatic carbocycles. The Bertz CT molecular complexity index is 514. The van der Waals surface area contributed by atoms with Crippen molar-refractivity contribution in [3.63, 3.8) is 0 Å². The van der Waals surface area contributed by atoms with E-state index in [-0.39, 0.29) is 25.2 Å². The van der Waals surface area contributed by atoms with Gasteiger partial charge in [0.1, 0.15) is 5.75 Å². The number of hydrogen-bond donors (Lipinski definition) is 1. The maximum Gasteiger partial charge on any atom is 0.344 e. The van der Waals surface area contributed by atoms with E-state index in [1.807, 2.05) is 13.0 Å². The lowest BCUT2D eigenvalue weighted by atomic mass is 10.2. The van der Waals surface area contributed by atoms with E-state index < -0.39 is 5.97 Å². The van der Waals surface area contributed by atoms with Crippen LogP contribution in [0.2, 0.25) is 5.02 Å². The summed E-state index contributed by atoms with van der Waals surface area (Å²) in [6, 6.07) is 5.52. The van der Waals surface area contributed by atoms with E-state index in [0.29, 0.717) is 10.8 Å². The molecule has 20 heavy (non-hydrogen) atoms. The van der Waals surface area contributed by atoms with Crippen LogP contribution in [0.5, 0.6) is 5.75 Å². The van der Waals surface area contributed by atoms with Crippen LogP contribution in [0.15, 0.2) is 18.2 Å². The van der Waals surface area contributed by atoms with Crippen LogP contribution < -0.4 is 10.1 Å². The second-order valence-corrected chi connectivity index (χ2v) is 5.13. The SMILES string of the molecule is Cc1ccc(Cl)c(OCC(=O)OCC(=O)NC2CC2)c1. The number of benzene rings is 1. The summed E-state index contributed by atoms with van der Waals surface area (Å²) in [6.45, 7) is 1.34. The molecular formula is C14H16ClNO4. The van der Waals surface area contributed by atoms with E-state index in [2.05, 4.69) is 5.32 Å². The van der Waals surface area contributed by atoms with Crippen LogP contribution in [0, 0.1) is 6.92 Å². The van der Waals surface area contributed by atoms with Gasteiger partial charge >= 0.3 is 5.97 Å². The number of nitrogens with one attached hydrogen (secondary N) is 1. The van der Waals surface area contributed by atoms with Crippen molar-refractivity contribution in [1.82, 2.24) is 5.32 Å². The van der Waals surface area contributed by atoms with Crippen molar-refractivity contribution in [3.8, 4) is 5.75 Å². The molecule has 1 N–H and O–H groups in total.